The Morgan fingerprint density at radius 1 is 0.800 bits per heavy atom. The Labute approximate surface area is 95.4 Å². The summed E-state index contributed by atoms with van der Waals surface area (Å²) in [5.41, 5.74) is 0. The molecule has 3 heteroatoms. The highest BCUT2D eigenvalue weighted by molar-refractivity contribution is 4.70. The van der Waals surface area contributed by atoms with Crippen molar-refractivity contribution >= 4 is 0 Å². The number of hydrogen-bond acceptors (Lipinski definition) is 3. The molecule has 3 nitrogen and oxygen atoms in total. The molecule has 0 bridgehead atoms. The largest absolute Gasteiger partial charge is 0.379 e. The lowest BCUT2D eigenvalue weighted by molar-refractivity contribution is -0.0150. The molecule has 0 heterocycles. The maximum atomic E-state index is 5.58. The van der Waals surface area contributed by atoms with E-state index in [-0.39, 0.29) is 0 Å². The van der Waals surface area contributed by atoms with Crippen molar-refractivity contribution in [2.75, 3.05) is 39.4 Å². The van der Waals surface area contributed by atoms with E-state index < -0.39 is 0 Å². The minimum absolute atomic E-state index is 0.440. The van der Waals surface area contributed by atoms with Crippen molar-refractivity contribution in [3.05, 3.63) is 0 Å². The molecule has 0 fully saturated rings. The van der Waals surface area contributed by atoms with Crippen LogP contribution in [0.25, 0.3) is 0 Å². The highest BCUT2D eigenvalue weighted by Gasteiger charge is 2.20. The van der Waals surface area contributed by atoms with Crippen molar-refractivity contribution in [3.63, 3.8) is 0 Å². The van der Waals surface area contributed by atoms with Gasteiger partial charge in [0.15, 0.2) is 0 Å². The Kier molecular flexibility index (Phi) is 9.06. The molecule has 0 atom stereocenters. The van der Waals surface area contributed by atoms with Crippen LogP contribution in [-0.4, -0.2) is 55.4 Å². The molecular formula is C12H28N2O. The first-order chi connectivity index (χ1) is 7.24. The van der Waals surface area contributed by atoms with E-state index in [0.717, 1.165) is 39.4 Å². The van der Waals surface area contributed by atoms with Gasteiger partial charge in [0.2, 0.25) is 0 Å². The predicted molar refractivity (Wildman–Crippen MR) is 66.1 cm³/mol. The molecule has 15 heavy (non-hydrogen) atoms. The Morgan fingerprint density at radius 3 is 1.47 bits per heavy atom. The second-order valence-electron chi connectivity index (χ2n) is 3.58. The fraction of sp³-hybridized carbons (Fsp3) is 1.00. The third kappa shape index (κ3) is 4.96. The van der Waals surface area contributed by atoms with Gasteiger partial charge < -0.3 is 4.74 Å². The van der Waals surface area contributed by atoms with Gasteiger partial charge in [-0.2, -0.15) is 0 Å². The molecular weight excluding hydrogens is 188 g/mol. The van der Waals surface area contributed by atoms with Crippen LogP contribution in [-0.2, 0) is 4.74 Å². The fourth-order valence-electron chi connectivity index (χ4n) is 1.96. The van der Waals surface area contributed by atoms with E-state index in [1.165, 1.54) is 0 Å². The Hall–Kier alpha value is -0.120. The average Bonchev–Trinajstić information content (AvgIpc) is 2.28. The standard InChI is InChI=1S/C12H28N2O/c1-6-13(7-2)12(11-15-10-5)14(8-3)9-4/h12H,6-11H2,1-5H3. The Bertz CT molecular complexity index is 122. The van der Waals surface area contributed by atoms with Gasteiger partial charge in [0.1, 0.15) is 0 Å². The quantitative estimate of drug-likeness (QED) is 0.549. The molecule has 0 spiro atoms. The van der Waals surface area contributed by atoms with E-state index in [4.69, 9.17) is 4.74 Å². The molecule has 0 amide bonds. The maximum absolute atomic E-state index is 5.58. The molecule has 0 aromatic heterocycles. The maximum Gasteiger partial charge on any atom is 0.0863 e. The third-order valence-corrected chi connectivity index (χ3v) is 2.94. The number of rotatable bonds is 9. The molecule has 92 valence electrons. The van der Waals surface area contributed by atoms with Crippen molar-refractivity contribution in [1.82, 2.24) is 9.80 Å². The number of likely N-dealkylation sites (N-methyl/N-ethyl adjacent to an activating group) is 2. The summed E-state index contributed by atoms with van der Waals surface area (Å²) in [6.45, 7) is 16.9. The van der Waals surface area contributed by atoms with Crippen molar-refractivity contribution in [2.45, 2.75) is 40.8 Å². The first-order valence-electron chi connectivity index (χ1n) is 6.30. The van der Waals surface area contributed by atoms with E-state index in [9.17, 15) is 0 Å². The lowest BCUT2D eigenvalue weighted by atomic mass is 10.3. The highest BCUT2D eigenvalue weighted by atomic mass is 16.5. The Morgan fingerprint density at radius 2 is 1.20 bits per heavy atom. The molecule has 0 aliphatic carbocycles. The molecule has 0 unspecified atom stereocenters. The molecule has 0 aliphatic heterocycles. The molecule has 0 saturated carbocycles. The number of hydrogen-bond donors (Lipinski definition) is 0. The van der Waals surface area contributed by atoms with Crippen LogP contribution in [0.3, 0.4) is 0 Å². The fourth-order valence-corrected chi connectivity index (χ4v) is 1.96. The summed E-state index contributed by atoms with van der Waals surface area (Å²) in [6.07, 6.45) is 0.440. The molecule has 0 rings (SSSR count). The lowest BCUT2D eigenvalue weighted by Gasteiger charge is -2.37. The predicted octanol–water partition coefficient (Wildman–Crippen LogP) is 2.03. The van der Waals surface area contributed by atoms with Gasteiger partial charge in [0.25, 0.3) is 0 Å². The minimum Gasteiger partial charge on any atom is -0.379 e. The molecule has 0 N–H and O–H groups in total. The second-order valence-corrected chi connectivity index (χ2v) is 3.58. The summed E-state index contributed by atoms with van der Waals surface area (Å²) >= 11 is 0. The van der Waals surface area contributed by atoms with Crippen molar-refractivity contribution in [3.8, 4) is 0 Å². The highest BCUT2D eigenvalue weighted by Crippen LogP contribution is 2.06. The minimum atomic E-state index is 0.440. The summed E-state index contributed by atoms with van der Waals surface area (Å²) in [5, 5.41) is 0. The van der Waals surface area contributed by atoms with Crippen molar-refractivity contribution in [1.29, 1.82) is 0 Å². The van der Waals surface area contributed by atoms with Crippen LogP contribution in [0.15, 0.2) is 0 Å². The van der Waals surface area contributed by atoms with Gasteiger partial charge in [-0.15, -0.1) is 0 Å². The third-order valence-electron chi connectivity index (χ3n) is 2.94. The molecule has 0 saturated heterocycles. The van der Waals surface area contributed by atoms with Gasteiger partial charge in [-0.1, -0.05) is 27.7 Å². The smallest absolute Gasteiger partial charge is 0.0863 e. The van der Waals surface area contributed by atoms with Gasteiger partial charge in [0, 0.05) is 6.61 Å². The van der Waals surface area contributed by atoms with Crippen LogP contribution >= 0.6 is 0 Å². The zero-order chi connectivity index (χ0) is 11.7. The van der Waals surface area contributed by atoms with Gasteiger partial charge in [0.05, 0.1) is 12.8 Å². The van der Waals surface area contributed by atoms with Gasteiger partial charge >= 0.3 is 0 Å². The van der Waals surface area contributed by atoms with E-state index >= 15 is 0 Å². The van der Waals surface area contributed by atoms with Crippen molar-refractivity contribution in [2.24, 2.45) is 0 Å². The molecule has 0 aromatic carbocycles. The zero-order valence-electron chi connectivity index (χ0n) is 11.1. The van der Waals surface area contributed by atoms with Crippen molar-refractivity contribution < 1.29 is 4.74 Å². The summed E-state index contributed by atoms with van der Waals surface area (Å²) in [7, 11) is 0. The van der Waals surface area contributed by atoms with E-state index in [2.05, 4.69) is 44.4 Å². The summed E-state index contributed by atoms with van der Waals surface area (Å²) < 4.78 is 5.58. The zero-order valence-corrected chi connectivity index (χ0v) is 11.1. The van der Waals surface area contributed by atoms with Crippen LogP contribution < -0.4 is 0 Å². The van der Waals surface area contributed by atoms with E-state index in [1.807, 2.05) is 0 Å². The van der Waals surface area contributed by atoms with Crippen LogP contribution in [0.5, 0.6) is 0 Å². The topological polar surface area (TPSA) is 15.7 Å². The first kappa shape index (κ1) is 14.9. The molecule has 0 radical (unpaired) electrons. The van der Waals surface area contributed by atoms with E-state index in [0.29, 0.717) is 6.17 Å². The van der Waals surface area contributed by atoms with Gasteiger partial charge in [-0.3, -0.25) is 9.80 Å². The average molecular weight is 216 g/mol. The Balaban J connectivity index is 4.38. The van der Waals surface area contributed by atoms with Crippen LogP contribution in [0.4, 0.5) is 0 Å². The van der Waals surface area contributed by atoms with Gasteiger partial charge in [-0.25, -0.2) is 0 Å². The van der Waals surface area contributed by atoms with Crippen LogP contribution in [0.1, 0.15) is 34.6 Å². The second kappa shape index (κ2) is 9.13. The summed E-state index contributed by atoms with van der Waals surface area (Å²) in [5.74, 6) is 0. The van der Waals surface area contributed by atoms with E-state index in [1.54, 1.807) is 0 Å². The first-order valence-corrected chi connectivity index (χ1v) is 6.30. The molecule has 0 aromatic rings. The normalized spacial score (nSPS) is 12.0. The van der Waals surface area contributed by atoms with Crippen LogP contribution in [0, 0.1) is 0 Å². The summed E-state index contributed by atoms with van der Waals surface area (Å²) in [4.78, 5) is 4.92. The monoisotopic (exact) mass is 216 g/mol. The van der Waals surface area contributed by atoms with Crippen LogP contribution in [0.2, 0.25) is 0 Å². The SMILES string of the molecule is CCOCC(N(CC)CC)N(CC)CC. The number of ether oxygens (including phenoxy) is 1. The summed E-state index contributed by atoms with van der Waals surface area (Å²) in [6, 6.07) is 0. The number of nitrogens with zero attached hydrogens (tertiary/aromatic N) is 2. The molecule has 0 aliphatic rings. The van der Waals surface area contributed by atoms with Gasteiger partial charge in [-0.05, 0) is 33.1 Å². The lowest BCUT2D eigenvalue weighted by Crippen LogP contribution is -2.51.